The third-order valence-corrected chi connectivity index (χ3v) is 3.07. The van der Waals surface area contributed by atoms with Gasteiger partial charge in [-0.25, -0.2) is 0 Å². The van der Waals surface area contributed by atoms with E-state index in [1.807, 2.05) is 0 Å². The van der Waals surface area contributed by atoms with Gasteiger partial charge in [0.1, 0.15) is 0 Å². The molecular weight excluding hydrogens is 190 g/mol. The van der Waals surface area contributed by atoms with Gasteiger partial charge in [-0.15, -0.1) is 0 Å². The van der Waals surface area contributed by atoms with Crippen molar-refractivity contribution in [2.45, 2.75) is 51.0 Å². The zero-order chi connectivity index (χ0) is 10.9. The summed E-state index contributed by atoms with van der Waals surface area (Å²) in [5, 5.41) is 17.7. The fourth-order valence-corrected chi connectivity index (χ4v) is 2.06. The molecule has 15 heavy (non-hydrogen) atoms. The summed E-state index contributed by atoms with van der Waals surface area (Å²) in [6.07, 6.45) is 8.57. The molecule has 0 saturated carbocycles. The first-order chi connectivity index (χ1) is 7.33. The third kappa shape index (κ3) is 6.13. The lowest BCUT2D eigenvalue weighted by Crippen LogP contribution is -2.50. The first kappa shape index (κ1) is 12.9. The van der Waals surface area contributed by atoms with Crippen LogP contribution in [0.2, 0.25) is 0 Å². The van der Waals surface area contributed by atoms with Gasteiger partial charge in [-0.05, 0) is 19.4 Å². The zero-order valence-electron chi connectivity index (χ0n) is 9.70. The molecule has 0 spiro atoms. The standard InChI is InChI=1S/C12H25NO2/c14-9-7-5-3-1-2-4-6-8-13-10-12(15)11-13/h12,14-15H,1-11H2. The lowest BCUT2D eigenvalue weighted by Gasteiger charge is -2.35. The molecule has 1 aliphatic heterocycles. The summed E-state index contributed by atoms with van der Waals surface area (Å²) in [5.74, 6) is 0. The molecule has 0 aliphatic carbocycles. The number of likely N-dealkylation sites (tertiary alicyclic amines) is 1. The monoisotopic (exact) mass is 215 g/mol. The molecule has 2 N–H and O–H groups in total. The van der Waals surface area contributed by atoms with Gasteiger partial charge in [0.15, 0.2) is 0 Å². The van der Waals surface area contributed by atoms with Crippen LogP contribution in [-0.2, 0) is 0 Å². The van der Waals surface area contributed by atoms with Crippen molar-refractivity contribution in [3.63, 3.8) is 0 Å². The summed E-state index contributed by atoms with van der Waals surface area (Å²) < 4.78 is 0. The van der Waals surface area contributed by atoms with Crippen molar-refractivity contribution in [3.05, 3.63) is 0 Å². The summed E-state index contributed by atoms with van der Waals surface area (Å²) in [4.78, 5) is 2.32. The molecule has 90 valence electrons. The molecule has 3 nitrogen and oxygen atoms in total. The van der Waals surface area contributed by atoms with E-state index in [9.17, 15) is 0 Å². The Hall–Kier alpha value is -0.120. The number of rotatable bonds is 9. The van der Waals surface area contributed by atoms with Gasteiger partial charge in [-0.2, -0.15) is 0 Å². The molecule has 0 aromatic rings. The van der Waals surface area contributed by atoms with Crippen LogP contribution in [0.15, 0.2) is 0 Å². The fraction of sp³-hybridized carbons (Fsp3) is 1.00. The Labute approximate surface area is 93.1 Å². The molecule has 0 aromatic carbocycles. The molecule has 1 fully saturated rings. The van der Waals surface area contributed by atoms with Crippen LogP contribution in [0.4, 0.5) is 0 Å². The van der Waals surface area contributed by atoms with Gasteiger partial charge >= 0.3 is 0 Å². The van der Waals surface area contributed by atoms with Crippen molar-refractivity contribution < 1.29 is 10.2 Å². The quantitative estimate of drug-likeness (QED) is 0.571. The SMILES string of the molecule is OCCCCCCCCCN1CC(O)C1. The maximum absolute atomic E-state index is 9.08. The first-order valence-corrected chi connectivity index (χ1v) is 6.34. The van der Waals surface area contributed by atoms with Crippen LogP contribution in [0, 0.1) is 0 Å². The smallest absolute Gasteiger partial charge is 0.0793 e. The molecule has 0 unspecified atom stereocenters. The van der Waals surface area contributed by atoms with Crippen molar-refractivity contribution in [1.29, 1.82) is 0 Å². The molecule has 1 rings (SSSR count). The van der Waals surface area contributed by atoms with E-state index in [1.165, 1.54) is 38.5 Å². The van der Waals surface area contributed by atoms with E-state index < -0.39 is 0 Å². The van der Waals surface area contributed by atoms with Crippen LogP contribution < -0.4 is 0 Å². The fourth-order valence-electron chi connectivity index (χ4n) is 2.06. The second-order valence-corrected chi connectivity index (χ2v) is 4.61. The molecule has 0 atom stereocenters. The lowest BCUT2D eigenvalue weighted by atomic mass is 10.1. The van der Waals surface area contributed by atoms with Gasteiger partial charge in [-0.3, -0.25) is 4.90 Å². The Morgan fingerprint density at radius 3 is 1.93 bits per heavy atom. The second kappa shape index (κ2) is 8.08. The van der Waals surface area contributed by atoms with Gasteiger partial charge in [0.05, 0.1) is 6.10 Å². The molecule has 0 radical (unpaired) electrons. The Bertz CT molecular complexity index is 147. The summed E-state index contributed by atoms with van der Waals surface area (Å²) in [7, 11) is 0. The Morgan fingerprint density at radius 2 is 1.40 bits per heavy atom. The normalized spacial score (nSPS) is 18.0. The van der Waals surface area contributed by atoms with Crippen molar-refractivity contribution >= 4 is 0 Å². The topological polar surface area (TPSA) is 43.7 Å². The highest BCUT2D eigenvalue weighted by Crippen LogP contribution is 2.11. The molecule has 1 aliphatic rings. The lowest BCUT2D eigenvalue weighted by molar-refractivity contribution is 0.00146. The number of unbranched alkanes of at least 4 members (excludes halogenated alkanes) is 6. The highest BCUT2D eigenvalue weighted by atomic mass is 16.3. The highest BCUT2D eigenvalue weighted by molar-refractivity contribution is 4.77. The van der Waals surface area contributed by atoms with Crippen LogP contribution in [0.5, 0.6) is 0 Å². The minimum atomic E-state index is -0.0523. The first-order valence-electron chi connectivity index (χ1n) is 6.34. The zero-order valence-corrected chi connectivity index (χ0v) is 9.70. The summed E-state index contributed by atoms with van der Waals surface area (Å²) in [5.41, 5.74) is 0. The third-order valence-electron chi connectivity index (χ3n) is 3.07. The van der Waals surface area contributed by atoms with Crippen molar-refractivity contribution in [2.75, 3.05) is 26.2 Å². The molecule has 0 amide bonds. The van der Waals surface area contributed by atoms with Crippen molar-refractivity contribution in [3.8, 4) is 0 Å². The van der Waals surface area contributed by atoms with Gasteiger partial charge in [-0.1, -0.05) is 32.1 Å². The maximum Gasteiger partial charge on any atom is 0.0793 e. The number of β-amino-alcohol motifs (C(OH)–C–C–N with tert-alkyl or cyclic N) is 1. The summed E-state index contributed by atoms with van der Waals surface area (Å²) in [6, 6.07) is 0. The predicted octanol–water partition coefficient (Wildman–Crippen LogP) is 1.39. The molecule has 3 heteroatoms. The van der Waals surface area contributed by atoms with Crippen molar-refractivity contribution in [1.82, 2.24) is 4.90 Å². The van der Waals surface area contributed by atoms with Crippen LogP contribution in [-0.4, -0.2) is 47.5 Å². The highest BCUT2D eigenvalue weighted by Gasteiger charge is 2.22. The predicted molar refractivity (Wildman–Crippen MR) is 61.9 cm³/mol. The second-order valence-electron chi connectivity index (χ2n) is 4.61. The average Bonchev–Trinajstić information content (AvgIpc) is 2.19. The molecule has 0 aromatic heterocycles. The van der Waals surface area contributed by atoms with E-state index >= 15 is 0 Å². The number of hydrogen-bond donors (Lipinski definition) is 2. The molecule has 1 heterocycles. The average molecular weight is 215 g/mol. The molecule has 0 bridgehead atoms. The Morgan fingerprint density at radius 1 is 0.867 bits per heavy atom. The van der Waals surface area contributed by atoms with E-state index in [1.54, 1.807) is 0 Å². The van der Waals surface area contributed by atoms with Crippen LogP contribution in [0.1, 0.15) is 44.9 Å². The van der Waals surface area contributed by atoms with E-state index in [0.717, 1.165) is 26.1 Å². The molecule has 1 saturated heterocycles. The minimum absolute atomic E-state index is 0.0523. The van der Waals surface area contributed by atoms with Crippen LogP contribution in [0.25, 0.3) is 0 Å². The van der Waals surface area contributed by atoms with E-state index in [2.05, 4.69) is 4.90 Å². The number of nitrogens with zero attached hydrogens (tertiary/aromatic N) is 1. The Kier molecular flexibility index (Phi) is 6.98. The Balaban J connectivity index is 1.70. The van der Waals surface area contributed by atoms with Crippen LogP contribution >= 0.6 is 0 Å². The number of hydrogen-bond acceptors (Lipinski definition) is 3. The van der Waals surface area contributed by atoms with Crippen LogP contribution in [0.3, 0.4) is 0 Å². The summed E-state index contributed by atoms with van der Waals surface area (Å²) in [6.45, 7) is 3.28. The van der Waals surface area contributed by atoms with Gasteiger partial charge in [0.25, 0.3) is 0 Å². The van der Waals surface area contributed by atoms with E-state index in [4.69, 9.17) is 10.2 Å². The molecular formula is C12H25NO2. The van der Waals surface area contributed by atoms with Gasteiger partial charge < -0.3 is 10.2 Å². The largest absolute Gasteiger partial charge is 0.396 e. The van der Waals surface area contributed by atoms with E-state index in [0.29, 0.717) is 6.61 Å². The van der Waals surface area contributed by atoms with Gasteiger partial charge in [0.2, 0.25) is 0 Å². The van der Waals surface area contributed by atoms with E-state index in [-0.39, 0.29) is 6.10 Å². The van der Waals surface area contributed by atoms with Gasteiger partial charge in [0, 0.05) is 19.7 Å². The minimum Gasteiger partial charge on any atom is -0.396 e. The number of aliphatic hydroxyl groups excluding tert-OH is 2. The maximum atomic E-state index is 9.08. The number of aliphatic hydroxyl groups is 2. The summed E-state index contributed by atoms with van der Waals surface area (Å²) >= 11 is 0. The van der Waals surface area contributed by atoms with Crippen molar-refractivity contribution in [2.24, 2.45) is 0 Å².